The highest BCUT2D eigenvalue weighted by Crippen LogP contribution is 2.45. The molecule has 2 aliphatic rings. The summed E-state index contributed by atoms with van der Waals surface area (Å²) in [5.41, 5.74) is 0.638. The summed E-state index contributed by atoms with van der Waals surface area (Å²) in [6.45, 7) is 0. The van der Waals surface area contributed by atoms with Gasteiger partial charge in [0.1, 0.15) is 5.75 Å². The molecular formula is C20H23N3O3. The maximum Gasteiger partial charge on any atom is 0.322 e. The Balaban J connectivity index is 1.50. The minimum Gasteiger partial charge on any atom is -0.497 e. The molecule has 136 valence electrons. The van der Waals surface area contributed by atoms with Gasteiger partial charge in [0.2, 0.25) is 0 Å². The van der Waals surface area contributed by atoms with Crippen molar-refractivity contribution in [2.75, 3.05) is 12.4 Å². The van der Waals surface area contributed by atoms with Crippen molar-refractivity contribution in [3.63, 3.8) is 0 Å². The number of aromatic nitrogens is 1. The molecule has 26 heavy (non-hydrogen) atoms. The first kappa shape index (κ1) is 16.8. The number of nitrogens with one attached hydrogen (secondary N) is 1. The second kappa shape index (κ2) is 6.61. The van der Waals surface area contributed by atoms with Crippen molar-refractivity contribution in [1.29, 1.82) is 0 Å². The third-order valence-electron chi connectivity index (χ3n) is 5.52. The van der Waals surface area contributed by atoms with Crippen LogP contribution in [0.25, 0.3) is 0 Å². The molecule has 2 aliphatic heterocycles. The molecule has 6 heteroatoms. The molecule has 3 heterocycles. The van der Waals surface area contributed by atoms with Gasteiger partial charge in [0.25, 0.3) is 0 Å². The molecule has 2 saturated heterocycles. The highest BCUT2D eigenvalue weighted by Gasteiger charge is 2.50. The standard InChI is InChI=1S/C20H23N3O3/c1-26-18-6-2-5-15(10-18)22-19(24)23-16-7-8-17(23)12-20(25,11-16)14-4-3-9-21-13-14/h2-6,9-10,13,16-17,25H,7-8,11-12H2,1H3,(H,22,24)/t16-,17+,20?. The SMILES string of the molecule is COc1cccc(NC(=O)N2[C@@H]3CC[C@H]2CC(O)(c2cccnc2)C3)c1. The number of hydrogen-bond acceptors (Lipinski definition) is 4. The van der Waals surface area contributed by atoms with Gasteiger partial charge in [-0.3, -0.25) is 4.98 Å². The molecule has 6 nitrogen and oxygen atoms in total. The number of carbonyl (C=O) groups excluding carboxylic acids is 1. The number of piperidine rings is 1. The summed E-state index contributed by atoms with van der Waals surface area (Å²) >= 11 is 0. The fourth-order valence-corrected chi connectivity index (χ4v) is 4.32. The fourth-order valence-electron chi connectivity index (χ4n) is 4.32. The molecule has 2 amide bonds. The van der Waals surface area contributed by atoms with Crippen LogP contribution in [-0.2, 0) is 5.60 Å². The van der Waals surface area contributed by atoms with Crippen molar-refractivity contribution >= 4 is 11.7 Å². The van der Waals surface area contributed by atoms with Gasteiger partial charge in [-0.2, -0.15) is 0 Å². The van der Waals surface area contributed by atoms with Gasteiger partial charge in [-0.05, 0) is 31.0 Å². The smallest absolute Gasteiger partial charge is 0.322 e. The van der Waals surface area contributed by atoms with E-state index in [9.17, 15) is 9.90 Å². The van der Waals surface area contributed by atoms with Gasteiger partial charge in [0.05, 0.1) is 12.7 Å². The van der Waals surface area contributed by atoms with Crippen LogP contribution >= 0.6 is 0 Å². The largest absolute Gasteiger partial charge is 0.497 e. The Hall–Kier alpha value is -2.60. The highest BCUT2D eigenvalue weighted by atomic mass is 16.5. The number of anilines is 1. The van der Waals surface area contributed by atoms with Crippen LogP contribution in [0.15, 0.2) is 48.8 Å². The second-order valence-electron chi connectivity index (χ2n) is 7.14. The number of fused-ring (bicyclic) bond motifs is 2. The van der Waals surface area contributed by atoms with Crippen LogP contribution in [0.1, 0.15) is 31.2 Å². The van der Waals surface area contributed by atoms with E-state index in [2.05, 4.69) is 10.3 Å². The summed E-state index contributed by atoms with van der Waals surface area (Å²) in [6, 6.07) is 11.0. The molecular weight excluding hydrogens is 330 g/mol. The number of urea groups is 1. The predicted molar refractivity (Wildman–Crippen MR) is 98.0 cm³/mol. The zero-order valence-electron chi connectivity index (χ0n) is 14.8. The van der Waals surface area contributed by atoms with Gasteiger partial charge in [-0.15, -0.1) is 0 Å². The zero-order chi connectivity index (χ0) is 18.1. The van der Waals surface area contributed by atoms with Crippen molar-refractivity contribution in [2.45, 2.75) is 43.4 Å². The Bertz CT molecular complexity index is 782. The Kier molecular flexibility index (Phi) is 4.28. The molecule has 0 saturated carbocycles. The number of pyridine rings is 1. The monoisotopic (exact) mass is 353 g/mol. The van der Waals surface area contributed by atoms with E-state index in [1.54, 1.807) is 25.6 Å². The molecule has 0 aliphatic carbocycles. The molecule has 2 aromatic rings. The van der Waals surface area contributed by atoms with Crippen LogP contribution in [0.5, 0.6) is 5.75 Å². The number of aliphatic hydroxyl groups is 1. The van der Waals surface area contributed by atoms with Gasteiger partial charge < -0.3 is 20.1 Å². The van der Waals surface area contributed by atoms with Crippen LogP contribution < -0.4 is 10.1 Å². The molecule has 2 bridgehead atoms. The number of hydrogen-bond donors (Lipinski definition) is 2. The fraction of sp³-hybridized carbons (Fsp3) is 0.400. The molecule has 2 N–H and O–H groups in total. The van der Waals surface area contributed by atoms with Crippen LogP contribution in [0, 0.1) is 0 Å². The average molecular weight is 353 g/mol. The van der Waals surface area contributed by atoms with E-state index in [1.807, 2.05) is 35.2 Å². The van der Waals surface area contributed by atoms with Crippen LogP contribution in [-0.4, -0.2) is 40.2 Å². The number of nitrogens with zero attached hydrogens (tertiary/aromatic N) is 2. The van der Waals surface area contributed by atoms with E-state index < -0.39 is 5.60 Å². The Labute approximate surface area is 152 Å². The lowest BCUT2D eigenvalue weighted by atomic mass is 9.81. The van der Waals surface area contributed by atoms with E-state index in [4.69, 9.17) is 4.74 Å². The van der Waals surface area contributed by atoms with Crippen molar-refractivity contribution in [3.05, 3.63) is 54.4 Å². The number of carbonyl (C=O) groups is 1. The summed E-state index contributed by atoms with van der Waals surface area (Å²) in [4.78, 5) is 18.9. The summed E-state index contributed by atoms with van der Waals surface area (Å²) in [7, 11) is 1.60. The lowest BCUT2D eigenvalue weighted by molar-refractivity contribution is -0.0424. The minimum absolute atomic E-state index is 0.0320. The van der Waals surface area contributed by atoms with Gasteiger partial charge in [-0.1, -0.05) is 12.1 Å². The number of amides is 2. The molecule has 1 unspecified atom stereocenters. The van der Waals surface area contributed by atoms with Gasteiger partial charge in [0, 0.05) is 54.6 Å². The quantitative estimate of drug-likeness (QED) is 0.889. The highest BCUT2D eigenvalue weighted by molar-refractivity contribution is 5.90. The molecule has 4 rings (SSSR count). The molecule has 0 spiro atoms. The van der Waals surface area contributed by atoms with E-state index in [-0.39, 0.29) is 18.1 Å². The number of rotatable bonds is 3. The van der Waals surface area contributed by atoms with E-state index in [0.29, 0.717) is 24.3 Å². The molecule has 1 aromatic carbocycles. The van der Waals surface area contributed by atoms with E-state index >= 15 is 0 Å². The Morgan fingerprint density at radius 2 is 2.04 bits per heavy atom. The number of ether oxygens (including phenoxy) is 1. The van der Waals surface area contributed by atoms with Gasteiger partial charge >= 0.3 is 6.03 Å². The van der Waals surface area contributed by atoms with Crippen molar-refractivity contribution in [3.8, 4) is 5.75 Å². The van der Waals surface area contributed by atoms with E-state index in [1.165, 1.54) is 0 Å². The lowest BCUT2D eigenvalue weighted by Gasteiger charge is -2.43. The number of benzene rings is 1. The third-order valence-corrected chi connectivity index (χ3v) is 5.52. The maximum absolute atomic E-state index is 12.9. The zero-order valence-corrected chi connectivity index (χ0v) is 14.8. The van der Waals surface area contributed by atoms with Gasteiger partial charge in [-0.25, -0.2) is 4.79 Å². The first-order valence-corrected chi connectivity index (χ1v) is 8.95. The van der Waals surface area contributed by atoms with Crippen molar-refractivity contribution < 1.29 is 14.6 Å². The molecule has 2 fully saturated rings. The van der Waals surface area contributed by atoms with Gasteiger partial charge in [0.15, 0.2) is 0 Å². The van der Waals surface area contributed by atoms with Crippen LogP contribution in [0.2, 0.25) is 0 Å². The molecule has 1 aromatic heterocycles. The topological polar surface area (TPSA) is 74.7 Å². The summed E-state index contributed by atoms with van der Waals surface area (Å²) in [5, 5.41) is 14.1. The lowest BCUT2D eigenvalue weighted by Crippen LogP contribution is -2.53. The first-order valence-electron chi connectivity index (χ1n) is 8.95. The van der Waals surface area contributed by atoms with Crippen molar-refractivity contribution in [2.24, 2.45) is 0 Å². The Morgan fingerprint density at radius 3 is 2.69 bits per heavy atom. The predicted octanol–water partition coefficient (Wildman–Crippen LogP) is 3.14. The second-order valence-corrected chi connectivity index (χ2v) is 7.14. The van der Waals surface area contributed by atoms with Crippen molar-refractivity contribution in [1.82, 2.24) is 9.88 Å². The minimum atomic E-state index is -0.910. The summed E-state index contributed by atoms with van der Waals surface area (Å²) < 4.78 is 5.21. The Morgan fingerprint density at radius 1 is 1.27 bits per heavy atom. The van der Waals surface area contributed by atoms with E-state index in [0.717, 1.165) is 18.4 Å². The summed E-state index contributed by atoms with van der Waals surface area (Å²) in [6.07, 6.45) is 6.35. The maximum atomic E-state index is 12.9. The summed E-state index contributed by atoms with van der Waals surface area (Å²) in [5.74, 6) is 0.704. The van der Waals surface area contributed by atoms with Crippen LogP contribution in [0.4, 0.5) is 10.5 Å². The number of methoxy groups -OCH3 is 1. The normalized spacial score (nSPS) is 27.2. The van der Waals surface area contributed by atoms with Crippen LogP contribution in [0.3, 0.4) is 0 Å². The average Bonchev–Trinajstić information content (AvgIpc) is 2.95. The first-order chi connectivity index (χ1) is 12.6. The molecule has 3 atom stereocenters. The third kappa shape index (κ3) is 3.01. The molecule has 0 radical (unpaired) electrons.